The second kappa shape index (κ2) is 6.40. The number of methoxy groups -OCH3 is 1. The summed E-state index contributed by atoms with van der Waals surface area (Å²) in [5.41, 5.74) is 1.04. The van der Waals surface area contributed by atoms with Crippen molar-refractivity contribution in [2.75, 3.05) is 20.3 Å². The van der Waals surface area contributed by atoms with Crippen LogP contribution in [0.5, 0.6) is 5.75 Å². The summed E-state index contributed by atoms with van der Waals surface area (Å²) < 4.78 is 11.6. The number of para-hydroxylation sites is 1. The maximum absolute atomic E-state index is 6.12. The van der Waals surface area contributed by atoms with Crippen molar-refractivity contribution in [1.29, 1.82) is 0 Å². The van der Waals surface area contributed by atoms with E-state index < -0.39 is 0 Å². The monoisotopic (exact) mass is 263 g/mol. The molecule has 1 aromatic rings. The van der Waals surface area contributed by atoms with E-state index in [1.165, 1.54) is 18.4 Å². The third-order valence-electron chi connectivity index (χ3n) is 3.97. The third-order valence-corrected chi connectivity index (χ3v) is 3.97. The van der Waals surface area contributed by atoms with Gasteiger partial charge in [0.15, 0.2) is 0 Å². The Bertz CT molecular complexity index is 399. The highest BCUT2D eigenvalue weighted by Gasteiger charge is 2.38. The zero-order valence-electron chi connectivity index (χ0n) is 12.2. The van der Waals surface area contributed by atoms with Crippen molar-refractivity contribution >= 4 is 0 Å². The van der Waals surface area contributed by atoms with Crippen molar-refractivity contribution < 1.29 is 9.47 Å². The fraction of sp³-hybridized carbons (Fsp3) is 0.625. The Morgan fingerprint density at radius 1 is 1.37 bits per heavy atom. The zero-order chi connectivity index (χ0) is 13.7. The lowest BCUT2D eigenvalue weighted by Crippen LogP contribution is -2.46. The van der Waals surface area contributed by atoms with Gasteiger partial charge in [-0.25, -0.2) is 0 Å². The molecule has 1 saturated heterocycles. The zero-order valence-corrected chi connectivity index (χ0v) is 12.2. The fourth-order valence-corrected chi connectivity index (χ4v) is 2.95. The Morgan fingerprint density at radius 3 is 2.79 bits per heavy atom. The quantitative estimate of drug-likeness (QED) is 0.884. The number of hydrogen-bond acceptors (Lipinski definition) is 3. The van der Waals surface area contributed by atoms with Gasteiger partial charge in [-0.15, -0.1) is 0 Å². The Hall–Kier alpha value is -1.06. The molecule has 0 radical (unpaired) electrons. The van der Waals surface area contributed by atoms with E-state index >= 15 is 0 Å². The summed E-state index contributed by atoms with van der Waals surface area (Å²) in [6, 6.07) is 8.40. The SMILES string of the molecule is CCNC(c1ccccc1OC)C1(C)CCCCO1. The lowest BCUT2D eigenvalue weighted by molar-refractivity contribution is -0.0898. The Kier molecular flexibility index (Phi) is 4.83. The van der Waals surface area contributed by atoms with Gasteiger partial charge in [0.2, 0.25) is 0 Å². The molecule has 3 nitrogen and oxygen atoms in total. The van der Waals surface area contributed by atoms with Gasteiger partial charge in [-0.3, -0.25) is 0 Å². The van der Waals surface area contributed by atoms with Gasteiger partial charge >= 0.3 is 0 Å². The molecule has 0 spiro atoms. The molecule has 3 heteroatoms. The molecule has 0 amide bonds. The number of ether oxygens (including phenoxy) is 2. The van der Waals surface area contributed by atoms with Crippen LogP contribution in [0.2, 0.25) is 0 Å². The van der Waals surface area contributed by atoms with E-state index in [0.717, 1.165) is 25.3 Å². The summed E-state index contributed by atoms with van der Waals surface area (Å²) in [5, 5.41) is 3.58. The molecular formula is C16H25NO2. The average Bonchev–Trinajstić information content (AvgIpc) is 2.45. The summed E-state index contributed by atoms with van der Waals surface area (Å²) in [6.45, 7) is 6.12. The van der Waals surface area contributed by atoms with Crippen LogP contribution in [0.4, 0.5) is 0 Å². The highest BCUT2D eigenvalue weighted by Crippen LogP contribution is 2.39. The van der Waals surface area contributed by atoms with Gasteiger partial charge in [-0.05, 0) is 38.8 Å². The second-order valence-corrected chi connectivity index (χ2v) is 5.35. The van der Waals surface area contributed by atoms with Gasteiger partial charge in [-0.2, -0.15) is 0 Å². The van der Waals surface area contributed by atoms with Crippen LogP contribution < -0.4 is 10.1 Å². The lowest BCUT2D eigenvalue weighted by atomic mass is 9.83. The molecule has 0 aliphatic carbocycles. The van der Waals surface area contributed by atoms with Gasteiger partial charge in [-0.1, -0.05) is 25.1 Å². The van der Waals surface area contributed by atoms with Crippen LogP contribution in [0.3, 0.4) is 0 Å². The number of likely N-dealkylation sites (N-methyl/N-ethyl adjacent to an activating group) is 1. The van der Waals surface area contributed by atoms with E-state index in [2.05, 4.69) is 31.3 Å². The van der Waals surface area contributed by atoms with Crippen molar-refractivity contribution in [2.45, 2.75) is 44.8 Å². The minimum Gasteiger partial charge on any atom is -0.496 e. The van der Waals surface area contributed by atoms with E-state index in [-0.39, 0.29) is 11.6 Å². The van der Waals surface area contributed by atoms with E-state index in [9.17, 15) is 0 Å². The van der Waals surface area contributed by atoms with Gasteiger partial charge in [0, 0.05) is 12.2 Å². The molecule has 1 aromatic carbocycles. The molecule has 1 aliphatic rings. The van der Waals surface area contributed by atoms with Crippen molar-refractivity contribution in [3.05, 3.63) is 29.8 Å². The molecular weight excluding hydrogens is 238 g/mol. The van der Waals surface area contributed by atoms with Gasteiger partial charge < -0.3 is 14.8 Å². The summed E-state index contributed by atoms with van der Waals surface area (Å²) in [5.74, 6) is 0.934. The van der Waals surface area contributed by atoms with Crippen molar-refractivity contribution in [1.82, 2.24) is 5.32 Å². The molecule has 0 bridgehead atoms. The molecule has 19 heavy (non-hydrogen) atoms. The first-order chi connectivity index (χ1) is 9.21. The molecule has 0 saturated carbocycles. The van der Waals surface area contributed by atoms with Gasteiger partial charge in [0.1, 0.15) is 5.75 Å². The molecule has 2 rings (SSSR count). The van der Waals surface area contributed by atoms with E-state index in [4.69, 9.17) is 9.47 Å². The third kappa shape index (κ3) is 3.10. The minimum absolute atomic E-state index is 0.150. The summed E-state index contributed by atoms with van der Waals surface area (Å²) in [4.78, 5) is 0. The van der Waals surface area contributed by atoms with Crippen LogP contribution >= 0.6 is 0 Å². The standard InChI is InChI=1S/C16H25NO2/c1-4-17-15(16(2)11-7-8-12-19-16)13-9-5-6-10-14(13)18-3/h5-6,9-10,15,17H,4,7-8,11-12H2,1-3H3. The van der Waals surface area contributed by atoms with Gasteiger partial charge in [0.25, 0.3) is 0 Å². The Balaban J connectivity index is 2.33. The maximum atomic E-state index is 6.12. The normalized spacial score (nSPS) is 25.0. The molecule has 1 N–H and O–H groups in total. The molecule has 1 fully saturated rings. The van der Waals surface area contributed by atoms with Crippen LogP contribution in [0, 0.1) is 0 Å². The summed E-state index contributed by atoms with van der Waals surface area (Å²) in [6.07, 6.45) is 3.48. The number of benzene rings is 1. The predicted octanol–water partition coefficient (Wildman–Crippen LogP) is 3.31. The van der Waals surface area contributed by atoms with Crippen molar-refractivity contribution in [2.24, 2.45) is 0 Å². The molecule has 2 unspecified atom stereocenters. The van der Waals surface area contributed by atoms with Crippen molar-refractivity contribution in [3.63, 3.8) is 0 Å². The molecule has 2 atom stereocenters. The van der Waals surface area contributed by atoms with Crippen LogP contribution in [-0.4, -0.2) is 25.9 Å². The van der Waals surface area contributed by atoms with Crippen LogP contribution in [-0.2, 0) is 4.74 Å². The van der Waals surface area contributed by atoms with E-state index in [0.29, 0.717) is 0 Å². The average molecular weight is 263 g/mol. The van der Waals surface area contributed by atoms with Crippen molar-refractivity contribution in [3.8, 4) is 5.75 Å². The minimum atomic E-state index is -0.150. The van der Waals surface area contributed by atoms with E-state index in [1.807, 2.05) is 12.1 Å². The molecule has 0 aromatic heterocycles. The van der Waals surface area contributed by atoms with Crippen LogP contribution in [0.15, 0.2) is 24.3 Å². The number of rotatable bonds is 5. The highest BCUT2D eigenvalue weighted by molar-refractivity contribution is 5.37. The van der Waals surface area contributed by atoms with Gasteiger partial charge in [0.05, 0.1) is 18.8 Å². The Labute approximate surface area is 116 Å². The van der Waals surface area contributed by atoms with Crippen LogP contribution in [0.1, 0.15) is 44.7 Å². The number of nitrogens with one attached hydrogen (secondary N) is 1. The first-order valence-corrected chi connectivity index (χ1v) is 7.21. The summed E-state index contributed by atoms with van der Waals surface area (Å²) >= 11 is 0. The largest absolute Gasteiger partial charge is 0.496 e. The number of hydrogen-bond donors (Lipinski definition) is 1. The smallest absolute Gasteiger partial charge is 0.123 e. The molecule has 1 heterocycles. The topological polar surface area (TPSA) is 30.5 Å². The maximum Gasteiger partial charge on any atom is 0.123 e. The van der Waals surface area contributed by atoms with E-state index in [1.54, 1.807) is 7.11 Å². The first kappa shape index (κ1) is 14.4. The fourth-order valence-electron chi connectivity index (χ4n) is 2.95. The predicted molar refractivity (Wildman–Crippen MR) is 77.6 cm³/mol. The molecule has 1 aliphatic heterocycles. The lowest BCUT2D eigenvalue weighted by Gasteiger charge is -2.41. The highest BCUT2D eigenvalue weighted by atomic mass is 16.5. The summed E-state index contributed by atoms with van der Waals surface area (Å²) in [7, 11) is 1.73. The Morgan fingerprint density at radius 2 is 2.16 bits per heavy atom. The second-order valence-electron chi connectivity index (χ2n) is 5.35. The molecule has 106 valence electrons. The first-order valence-electron chi connectivity index (χ1n) is 7.21. The van der Waals surface area contributed by atoms with Crippen LogP contribution in [0.25, 0.3) is 0 Å².